The molecule has 0 spiro atoms. The SMILES string of the molecule is COc1c(Br)cc(Cl)cc1C(N)c1cccc(C)c1I. The van der Waals surface area contributed by atoms with Crippen molar-refractivity contribution in [3.8, 4) is 5.75 Å². The van der Waals surface area contributed by atoms with Crippen molar-refractivity contribution in [3.63, 3.8) is 0 Å². The highest BCUT2D eigenvalue weighted by Crippen LogP contribution is 2.38. The van der Waals surface area contributed by atoms with Crippen molar-refractivity contribution >= 4 is 50.1 Å². The third-order valence-corrected chi connectivity index (χ3v) is 5.41. The Labute approximate surface area is 145 Å². The number of hydrogen-bond donors (Lipinski definition) is 1. The average Bonchev–Trinajstić information content (AvgIpc) is 2.40. The molecule has 0 radical (unpaired) electrons. The van der Waals surface area contributed by atoms with Gasteiger partial charge in [0.25, 0.3) is 0 Å². The van der Waals surface area contributed by atoms with Gasteiger partial charge in [0.05, 0.1) is 17.6 Å². The quantitative estimate of drug-likeness (QED) is 0.641. The molecule has 0 aliphatic rings. The van der Waals surface area contributed by atoms with E-state index in [1.54, 1.807) is 13.2 Å². The van der Waals surface area contributed by atoms with Crippen LogP contribution in [0.1, 0.15) is 22.7 Å². The summed E-state index contributed by atoms with van der Waals surface area (Å²) in [4.78, 5) is 0. The summed E-state index contributed by atoms with van der Waals surface area (Å²) in [5, 5.41) is 0.630. The number of methoxy groups -OCH3 is 1. The molecule has 1 atom stereocenters. The first-order valence-electron chi connectivity index (χ1n) is 5.99. The highest BCUT2D eigenvalue weighted by Gasteiger charge is 2.19. The molecule has 2 rings (SSSR count). The Hall–Kier alpha value is -0.300. The van der Waals surface area contributed by atoms with Crippen LogP contribution < -0.4 is 10.5 Å². The monoisotopic (exact) mass is 465 g/mol. The van der Waals surface area contributed by atoms with Gasteiger partial charge < -0.3 is 10.5 Å². The summed E-state index contributed by atoms with van der Waals surface area (Å²) in [5.74, 6) is 0.721. The third-order valence-electron chi connectivity index (χ3n) is 3.13. The fourth-order valence-electron chi connectivity index (χ4n) is 2.10. The van der Waals surface area contributed by atoms with Gasteiger partial charge in [0.2, 0.25) is 0 Å². The minimum absolute atomic E-state index is 0.285. The summed E-state index contributed by atoms with van der Waals surface area (Å²) >= 11 is 11.9. The van der Waals surface area contributed by atoms with E-state index in [-0.39, 0.29) is 6.04 Å². The number of nitrogens with two attached hydrogens (primary N) is 1. The molecule has 5 heteroatoms. The molecule has 0 aliphatic carbocycles. The Morgan fingerprint density at radius 1 is 1.30 bits per heavy atom. The molecule has 2 aromatic carbocycles. The standard InChI is InChI=1S/C15H14BrClINO/c1-8-4-3-5-10(13(8)18)14(19)11-6-9(17)7-12(16)15(11)20-2/h3-7,14H,19H2,1-2H3. The summed E-state index contributed by atoms with van der Waals surface area (Å²) in [6.07, 6.45) is 0. The molecule has 0 saturated carbocycles. The van der Waals surface area contributed by atoms with Crippen LogP contribution in [0.15, 0.2) is 34.8 Å². The molecule has 0 fully saturated rings. The summed E-state index contributed by atoms with van der Waals surface area (Å²) in [6.45, 7) is 2.07. The van der Waals surface area contributed by atoms with Gasteiger partial charge in [-0.2, -0.15) is 0 Å². The van der Waals surface area contributed by atoms with Crippen molar-refractivity contribution in [2.24, 2.45) is 5.73 Å². The lowest BCUT2D eigenvalue weighted by atomic mass is 9.97. The second-order valence-corrected chi connectivity index (χ2v) is 6.84. The smallest absolute Gasteiger partial charge is 0.138 e. The molecular weight excluding hydrogens is 452 g/mol. The Balaban J connectivity index is 2.58. The predicted octanol–water partition coefficient (Wildman–Crippen LogP) is 5.07. The zero-order valence-corrected chi connectivity index (χ0v) is 15.6. The maximum absolute atomic E-state index is 6.44. The highest BCUT2D eigenvalue weighted by molar-refractivity contribution is 14.1. The van der Waals surface area contributed by atoms with Crippen LogP contribution in [-0.4, -0.2) is 7.11 Å². The number of halogens is 3. The van der Waals surface area contributed by atoms with Crippen molar-refractivity contribution in [1.29, 1.82) is 0 Å². The first-order valence-corrected chi connectivity index (χ1v) is 8.24. The van der Waals surface area contributed by atoms with E-state index in [2.05, 4.69) is 51.5 Å². The minimum Gasteiger partial charge on any atom is -0.495 e. The van der Waals surface area contributed by atoms with Crippen LogP contribution in [0.25, 0.3) is 0 Å². The van der Waals surface area contributed by atoms with Crippen LogP contribution in [-0.2, 0) is 0 Å². The predicted molar refractivity (Wildman–Crippen MR) is 95.6 cm³/mol. The molecule has 20 heavy (non-hydrogen) atoms. The molecule has 0 aliphatic heterocycles. The molecule has 2 N–H and O–H groups in total. The summed E-state index contributed by atoms with van der Waals surface area (Å²) < 4.78 is 7.42. The van der Waals surface area contributed by atoms with Gasteiger partial charge in [0.15, 0.2) is 0 Å². The van der Waals surface area contributed by atoms with Gasteiger partial charge in [-0.15, -0.1) is 0 Å². The molecule has 106 valence electrons. The van der Waals surface area contributed by atoms with E-state index in [0.29, 0.717) is 5.02 Å². The van der Waals surface area contributed by atoms with Crippen LogP contribution in [0.3, 0.4) is 0 Å². The Bertz CT molecular complexity index is 648. The molecule has 0 heterocycles. The number of benzene rings is 2. The number of ether oxygens (including phenoxy) is 1. The van der Waals surface area contributed by atoms with E-state index in [1.165, 1.54) is 5.56 Å². The van der Waals surface area contributed by atoms with E-state index in [1.807, 2.05) is 18.2 Å². The normalized spacial score (nSPS) is 12.3. The van der Waals surface area contributed by atoms with Crippen molar-refractivity contribution in [1.82, 2.24) is 0 Å². The first kappa shape index (κ1) is 16.1. The van der Waals surface area contributed by atoms with Gasteiger partial charge in [-0.1, -0.05) is 29.8 Å². The summed E-state index contributed by atoms with van der Waals surface area (Å²) in [7, 11) is 1.63. The third kappa shape index (κ3) is 3.13. The van der Waals surface area contributed by atoms with Crippen LogP contribution in [0, 0.1) is 10.5 Å². The van der Waals surface area contributed by atoms with Crippen LogP contribution in [0.4, 0.5) is 0 Å². The molecule has 0 bridgehead atoms. The van der Waals surface area contributed by atoms with E-state index < -0.39 is 0 Å². The second-order valence-electron chi connectivity index (χ2n) is 4.47. The molecule has 0 amide bonds. The largest absolute Gasteiger partial charge is 0.495 e. The molecule has 0 aromatic heterocycles. The van der Waals surface area contributed by atoms with Crippen LogP contribution >= 0.6 is 50.1 Å². The molecular formula is C15H14BrClINO. The van der Waals surface area contributed by atoms with E-state index >= 15 is 0 Å². The number of hydrogen-bond acceptors (Lipinski definition) is 2. The summed E-state index contributed by atoms with van der Waals surface area (Å²) in [5.41, 5.74) is 9.58. The van der Waals surface area contributed by atoms with Crippen molar-refractivity contribution in [2.45, 2.75) is 13.0 Å². The highest BCUT2D eigenvalue weighted by atomic mass is 127. The maximum atomic E-state index is 6.44. The Morgan fingerprint density at radius 2 is 2.00 bits per heavy atom. The Kier molecular flexibility index (Phi) is 5.34. The van der Waals surface area contributed by atoms with Crippen molar-refractivity contribution in [3.05, 3.63) is 60.1 Å². The zero-order valence-electron chi connectivity index (χ0n) is 11.1. The Morgan fingerprint density at radius 3 is 2.65 bits per heavy atom. The zero-order chi connectivity index (χ0) is 14.9. The van der Waals surface area contributed by atoms with Gasteiger partial charge in [-0.3, -0.25) is 0 Å². The fraction of sp³-hybridized carbons (Fsp3) is 0.200. The lowest BCUT2D eigenvalue weighted by Gasteiger charge is -2.19. The van der Waals surface area contributed by atoms with Gasteiger partial charge in [0, 0.05) is 14.2 Å². The van der Waals surface area contributed by atoms with Crippen LogP contribution in [0.2, 0.25) is 5.02 Å². The van der Waals surface area contributed by atoms with Gasteiger partial charge in [-0.05, 0) is 68.7 Å². The lowest BCUT2D eigenvalue weighted by molar-refractivity contribution is 0.405. The van der Waals surface area contributed by atoms with Gasteiger partial charge in [-0.25, -0.2) is 0 Å². The van der Waals surface area contributed by atoms with Crippen LogP contribution in [0.5, 0.6) is 5.75 Å². The van der Waals surface area contributed by atoms with Crippen molar-refractivity contribution < 1.29 is 4.74 Å². The number of rotatable bonds is 3. The van der Waals surface area contributed by atoms with E-state index in [0.717, 1.165) is 24.9 Å². The van der Waals surface area contributed by atoms with E-state index in [9.17, 15) is 0 Å². The molecule has 0 saturated heterocycles. The fourth-order valence-corrected chi connectivity index (χ4v) is 3.80. The first-order chi connectivity index (χ1) is 9.45. The lowest BCUT2D eigenvalue weighted by Crippen LogP contribution is -2.15. The topological polar surface area (TPSA) is 35.2 Å². The number of aryl methyl sites for hydroxylation is 1. The molecule has 1 unspecified atom stereocenters. The van der Waals surface area contributed by atoms with Gasteiger partial charge in [0.1, 0.15) is 5.75 Å². The summed E-state index contributed by atoms with van der Waals surface area (Å²) in [6, 6.07) is 9.49. The average molecular weight is 467 g/mol. The molecule has 2 nitrogen and oxygen atoms in total. The second kappa shape index (κ2) is 6.64. The minimum atomic E-state index is -0.285. The van der Waals surface area contributed by atoms with Gasteiger partial charge >= 0.3 is 0 Å². The maximum Gasteiger partial charge on any atom is 0.138 e. The molecule has 2 aromatic rings. The van der Waals surface area contributed by atoms with Crippen molar-refractivity contribution in [2.75, 3.05) is 7.11 Å². The van der Waals surface area contributed by atoms with E-state index in [4.69, 9.17) is 22.1 Å².